The molecule has 6 nitrogen and oxygen atoms in total. The van der Waals surface area contributed by atoms with Gasteiger partial charge in [0, 0.05) is 35.0 Å². The molecule has 0 spiro atoms. The molecule has 8 heteroatoms. The van der Waals surface area contributed by atoms with E-state index in [0.717, 1.165) is 16.5 Å². The smallest absolute Gasteiger partial charge is 0.326 e. The first-order chi connectivity index (χ1) is 13.9. The Labute approximate surface area is 177 Å². The van der Waals surface area contributed by atoms with Gasteiger partial charge in [0.25, 0.3) is 0 Å². The molecule has 2 aromatic carbocycles. The van der Waals surface area contributed by atoms with Crippen LogP contribution >= 0.6 is 23.2 Å². The van der Waals surface area contributed by atoms with Crippen molar-refractivity contribution >= 4 is 46.0 Å². The zero-order chi connectivity index (χ0) is 20.8. The van der Waals surface area contributed by atoms with Crippen molar-refractivity contribution in [1.82, 2.24) is 10.3 Å². The van der Waals surface area contributed by atoms with Gasteiger partial charge in [0.1, 0.15) is 11.8 Å². The lowest BCUT2D eigenvalue weighted by atomic mass is 10.0. The van der Waals surface area contributed by atoms with E-state index < -0.39 is 12.0 Å². The number of carbonyl (C=O) groups is 2. The van der Waals surface area contributed by atoms with Crippen LogP contribution in [0.3, 0.4) is 0 Å². The molecule has 3 N–H and O–H groups in total. The van der Waals surface area contributed by atoms with E-state index in [9.17, 15) is 14.7 Å². The van der Waals surface area contributed by atoms with Gasteiger partial charge in [-0.05, 0) is 36.2 Å². The number of hydrogen-bond donors (Lipinski definition) is 3. The molecular weight excluding hydrogens is 415 g/mol. The average Bonchev–Trinajstić information content (AvgIpc) is 3.09. The molecule has 152 valence electrons. The highest BCUT2D eigenvalue weighted by atomic mass is 35.5. The number of para-hydroxylation sites is 1. The van der Waals surface area contributed by atoms with E-state index in [2.05, 4.69) is 10.3 Å². The van der Waals surface area contributed by atoms with E-state index in [-0.39, 0.29) is 25.4 Å². The molecule has 1 amide bonds. The van der Waals surface area contributed by atoms with E-state index in [1.54, 1.807) is 24.4 Å². The number of carbonyl (C=O) groups excluding carboxylic acids is 1. The maximum Gasteiger partial charge on any atom is 0.326 e. The van der Waals surface area contributed by atoms with Crippen molar-refractivity contribution in [2.45, 2.75) is 25.3 Å². The molecule has 0 saturated heterocycles. The Morgan fingerprint density at radius 3 is 2.72 bits per heavy atom. The van der Waals surface area contributed by atoms with E-state index in [1.807, 2.05) is 24.3 Å². The zero-order valence-electron chi connectivity index (χ0n) is 15.5. The summed E-state index contributed by atoms with van der Waals surface area (Å²) in [6.45, 7) is 0.273. The normalized spacial score (nSPS) is 11.9. The Morgan fingerprint density at radius 1 is 1.17 bits per heavy atom. The van der Waals surface area contributed by atoms with Gasteiger partial charge in [-0.1, -0.05) is 41.4 Å². The second kappa shape index (κ2) is 9.67. The molecule has 0 aliphatic carbocycles. The summed E-state index contributed by atoms with van der Waals surface area (Å²) in [5, 5.41) is 13.9. The van der Waals surface area contributed by atoms with Crippen molar-refractivity contribution in [3.8, 4) is 5.75 Å². The van der Waals surface area contributed by atoms with Gasteiger partial charge in [0.2, 0.25) is 5.91 Å². The quantitative estimate of drug-likeness (QED) is 0.434. The van der Waals surface area contributed by atoms with Gasteiger partial charge in [-0.3, -0.25) is 4.79 Å². The Balaban J connectivity index is 1.50. The standard InChI is InChI=1S/C21H20Cl2N2O4/c22-14-7-8-19(16(23)11-14)29-9-3-6-20(26)25-18(21(27)28)10-13-12-24-17-5-2-1-4-15(13)17/h1-2,4-5,7-8,11-12,18,24H,3,6,9-10H2,(H,25,26)(H,27,28)/t18-/m0/s1. The Bertz CT molecular complexity index is 1020. The number of aromatic amines is 1. The van der Waals surface area contributed by atoms with Crippen LogP contribution in [0.1, 0.15) is 18.4 Å². The number of carboxylic acid groups (broad SMARTS) is 1. The molecule has 3 rings (SSSR count). The lowest BCUT2D eigenvalue weighted by Crippen LogP contribution is -2.42. The molecule has 0 unspecified atom stereocenters. The number of hydrogen-bond acceptors (Lipinski definition) is 3. The van der Waals surface area contributed by atoms with Crippen molar-refractivity contribution in [2.75, 3.05) is 6.61 Å². The number of rotatable bonds is 9. The number of benzene rings is 2. The highest BCUT2D eigenvalue weighted by Gasteiger charge is 2.21. The fourth-order valence-corrected chi connectivity index (χ4v) is 3.46. The number of ether oxygens (including phenoxy) is 1. The molecule has 0 fully saturated rings. The molecule has 0 radical (unpaired) electrons. The van der Waals surface area contributed by atoms with E-state index in [0.29, 0.717) is 22.2 Å². The maximum absolute atomic E-state index is 12.2. The third kappa shape index (κ3) is 5.65. The summed E-state index contributed by atoms with van der Waals surface area (Å²) in [5.74, 6) is -0.935. The van der Waals surface area contributed by atoms with Crippen LogP contribution in [-0.4, -0.2) is 34.6 Å². The molecule has 0 aliphatic rings. The van der Waals surface area contributed by atoms with Crippen LogP contribution in [-0.2, 0) is 16.0 Å². The van der Waals surface area contributed by atoms with Crippen molar-refractivity contribution in [3.05, 3.63) is 64.3 Å². The molecule has 3 aromatic rings. The number of fused-ring (bicyclic) bond motifs is 1. The van der Waals surface area contributed by atoms with Crippen molar-refractivity contribution < 1.29 is 19.4 Å². The molecule has 0 aliphatic heterocycles. The van der Waals surface area contributed by atoms with Crippen LogP contribution in [0.5, 0.6) is 5.75 Å². The Hall–Kier alpha value is -2.70. The minimum absolute atomic E-state index is 0.142. The summed E-state index contributed by atoms with van der Waals surface area (Å²) in [5.41, 5.74) is 1.77. The molecule has 0 saturated carbocycles. The monoisotopic (exact) mass is 434 g/mol. The van der Waals surface area contributed by atoms with E-state index in [4.69, 9.17) is 27.9 Å². The number of amides is 1. The van der Waals surface area contributed by atoms with Crippen LogP contribution in [0.4, 0.5) is 0 Å². The summed E-state index contributed by atoms with van der Waals surface area (Å²) >= 11 is 11.9. The van der Waals surface area contributed by atoms with Gasteiger partial charge < -0.3 is 20.1 Å². The zero-order valence-corrected chi connectivity index (χ0v) is 17.0. The van der Waals surface area contributed by atoms with Crippen LogP contribution in [0, 0.1) is 0 Å². The Kier molecular flexibility index (Phi) is 7.01. The van der Waals surface area contributed by atoms with Gasteiger partial charge in [0.05, 0.1) is 11.6 Å². The summed E-state index contributed by atoms with van der Waals surface area (Å²) in [6, 6.07) is 11.5. The first kappa shape index (κ1) is 21.0. The highest BCUT2D eigenvalue weighted by Crippen LogP contribution is 2.27. The van der Waals surface area contributed by atoms with Gasteiger partial charge in [0.15, 0.2) is 0 Å². The van der Waals surface area contributed by atoms with Gasteiger partial charge >= 0.3 is 5.97 Å². The maximum atomic E-state index is 12.2. The first-order valence-electron chi connectivity index (χ1n) is 9.09. The van der Waals surface area contributed by atoms with Crippen LogP contribution in [0.25, 0.3) is 10.9 Å². The topological polar surface area (TPSA) is 91.4 Å². The van der Waals surface area contributed by atoms with Crippen LogP contribution in [0.15, 0.2) is 48.7 Å². The van der Waals surface area contributed by atoms with Crippen LogP contribution < -0.4 is 10.1 Å². The number of H-pyrrole nitrogens is 1. The fraction of sp³-hybridized carbons (Fsp3) is 0.238. The predicted molar refractivity (Wildman–Crippen MR) is 113 cm³/mol. The third-order valence-electron chi connectivity index (χ3n) is 4.43. The largest absolute Gasteiger partial charge is 0.492 e. The number of halogens is 2. The molecular formula is C21H20Cl2N2O4. The predicted octanol–water partition coefficient (Wildman–Crippen LogP) is 4.45. The number of aromatic nitrogens is 1. The minimum atomic E-state index is -1.08. The molecule has 1 aromatic heterocycles. The molecule has 29 heavy (non-hydrogen) atoms. The van der Waals surface area contributed by atoms with Crippen molar-refractivity contribution in [3.63, 3.8) is 0 Å². The first-order valence-corrected chi connectivity index (χ1v) is 9.84. The van der Waals surface area contributed by atoms with E-state index in [1.165, 1.54) is 0 Å². The number of carboxylic acids is 1. The SMILES string of the molecule is O=C(CCCOc1ccc(Cl)cc1Cl)N[C@@H](Cc1c[nH]c2ccccc12)C(=O)O. The van der Waals surface area contributed by atoms with Crippen molar-refractivity contribution in [2.24, 2.45) is 0 Å². The summed E-state index contributed by atoms with van der Waals surface area (Å²) < 4.78 is 5.54. The van der Waals surface area contributed by atoms with Gasteiger partial charge in [-0.15, -0.1) is 0 Å². The average molecular weight is 435 g/mol. The second-order valence-electron chi connectivity index (χ2n) is 6.55. The number of nitrogens with one attached hydrogen (secondary N) is 2. The Morgan fingerprint density at radius 2 is 1.97 bits per heavy atom. The summed E-state index contributed by atoms with van der Waals surface area (Å²) in [6.07, 6.45) is 2.53. The fourth-order valence-electron chi connectivity index (χ4n) is 2.99. The minimum Gasteiger partial charge on any atom is -0.492 e. The molecule has 0 bridgehead atoms. The lowest BCUT2D eigenvalue weighted by Gasteiger charge is -2.14. The number of aliphatic carboxylic acids is 1. The molecule has 1 atom stereocenters. The lowest BCUT2D eigenvalue weighted by molar-refractivity contribution is -0.141. The highest BCUT2D eigenvalue weighted by molar-refractivity contribution is 6.35. The van der Waals surface area contributed by atoms with Gasteiger partial charge in [-0.2, -0.15) is 0 Å². The third-order valence-corrected chi connectivity index (χ3v) is 4.96. The van der Waals surface area contributed by atoms with Crippen molar-refractivity contribution in [1.29, 1.82) is 0 Å². The van der Waals surface area contributed by atoms with Crippen LogP contribution in [0.2, 0.25) is 10.0 Å². The van der Waals surface area contributed by atoms with Gasteiger partial charge in [-0.25, -0.2) is 4.79 Å². The van der Waals surface area contributed by atoms with E-state index >= 15 is 0 Å². The summed E-state index contributed by atoms with van der Waals surface area (Å²) in [4.78, 5) is 26.9. The second-order valence-corrected chi connectivity index (χ2v) is 7.39. The molecule has 1 heterocycles. The summed E-state index contributed by atoms with van der Waals surface area (Å²) in [7, 11) is 0.